The van der Waals surface area contributed by atoms with E-state index in [0.717, 1.165) is 22.9 Å². The molecular formula is C24H21ClF4N6O4. The number of aryl methyl sites for hydroxylation is 1. The summed E-state index contributed by atoms with van der Waals surface area (Å²) in [6.07, 6.45) is -7.90. The van der Waals surface area contributed by atoms with Crippen molar-refractivity contribution in [2.24, 2.45) is 0 Å². The van der Waals surface area contributed by atoms with Gasteiger partial charge < -0.3 is 20.1 Å². The second-order valence-corrected chi connectivity index (χ2v) is 9.33. The van der Waals surface area contributed by atoms with Crippen molar-refractivity contribution in [1.29, 1.82) is 0 Å². The highest BCUT2D eigenvalue weighted by atomic mass is 35.5. The molecular weight excluding hydrogens is 548 g/mol. The van der Waals surface area contributed by atoms with E-state index in [1.165, 1.54) is 42.2 Å². The lowest BCUT2D eigenvalue weighted by atomic mass is 9.92. The summed E-state index contributed by atoms with van der Waals surface area (Å²) < 4.78 is 63.0. The maximum absolute atomic E-state index is 13.9. The van der Waals surface area contributed by atoms with Crippen LogP contribution < -0.4 is 0 Å². The van der Waals surface area contributed by atoms with Crippen LogP contribution in [0.2, 0.25) is 5.02 Å². The summed E-state index contributed by atoms with van der Waals surface area (Å²) in [5.74, 6) is -0.876. The average Bonchev–Trinajstić information content (AvgIpc) is 3.51. The van der Waals surface area contributed by atoms with Crippen molar-refractivity contribution >= 4 is 11.6 Å². The van der Waals surface area contributed by atoms with E-state index in [1.54, 1.807) is 0 Å². The zero-order valence-electron chi connectivity index (χ0n) is 20.0. The predicted molar refractivity (Wildman–Crippen MR) is 127 cm³/mol. The second-order valence-electron chi connectivity index (χ2n) is 8.89. The number of nitrogens with zero attached hydrogens (tertiary/aromatic N) is 6. The largest absolute Gasteiger partial charge is 0.418 e. The molecule has 10 nitrogen and oxygen atoms in total. The Hall–Kier alpha value is -3.43. The molecule has 5 rings (SSSR count). The normalized spacial score (nSPS) is 23.8. The van der Waals surface area contributed by atoms with Crippen molar-refractivity contribution in [3.63, 3.8) is 0 Å². The van der Waals surface area contributed by atoms with E-state index < -0.39 is 60.4 Å². The molecule has 0 radical (unpaired) electrons. The van der Waals surface area contributed by atoms with Gasteiger partial charge in [-0.25, -0.2) is 14.6 Å². The van der Waals surface area contributed by atoms with E-state index in [0.29, 0.717) is 5.56 Å². The number of hydrogen-bond donors (Lipinski definition) is 3. The highest BCUT2D eigenvalue weighted by Gasteiger charge is 2.48. The summed E-state index contributed by atoms with van der Waals surface area (Å²) in [5, 5.41) is 40.5. The third-order valence-electron chi connectivity index (χ3n) is 6.30. The molecule has 3 aromatic heterocycles. The van der Waals surface area contributed by atoms with Crippen molar-refractivity contribution in [3.05, 3.63) is 77.0 Å². The molecule has 0 spiro atoms. The van der Waals surface area contributed by atoms with Gasteiger partial charge in [-0.15, -0.1) is 0 Å². The Morgan fingerprint density at radius 1 is 1.10 bits per heavy atom. The number of halogens is 5. The molecule has 1 saturated heterocycles. The standard InChI is InChI=1S/C24H21ClF4N6O4/c1-11-31-23(35(33-11)16-7-13(25)5-6-14(16)24(27,28)29)22-21(38)19(20(37)17(10-36)39-22)34-9-12(8-30-34)15-3-2-4-18(26)32-15/h2-9,17,19-22,36-38H,10H2,1H3/t17?,19-,20-,21?,22+/m0/s1. The van der Waals surface area contributed by atoms with E-state index in [2.05, 4.69) is 20.2 Å². The lowest BCUT2D eigenvalue weighted by Crippen LogP contribution is -2.53. The van der Waals surface area contributed by atoms with Gasteiger partial charge in [-0.1, -0.05) is 17.7 Å². The van der Waals surface area contributed by atoms with Gasteiger partial charge in [0.05, 0.1) is 29.7 Å². The van der Waals surface area contributed by atoms with Crippen LogP contribution in [0, 0.1) is 12.9 Å². The van der Waals surface area contributed by atoms with E-state index in [4.69, 9.17) is 16.3 Å². The van der Waals surface area contributed by atoms with Crippen LogP contribution in [0.15, 0.2) is 48.8 Å². The Morgan fingerprint density at radius 2 is 1.87 bits per heavy atom. The van der Waals surface area contributed by atoms with Gasteiger partial charge in [0.25, 0.3) is 0 Å². The van der Waals surface area contributed by atoms with E-state index in [1.807, 2.05) is 0 Å². The zero-order valence-corrected chi connectivity index (χ0v) is 20.8. The fraction of sp³-hybridized carbons (Fsp3) is 0.333. The number of ether oxygens (including phenoxy) is 1. The monoisotopic (exact) mass is 568 g/mol. The smallest absolute Gasteiger partial charge is 0.394 e. The molecule has 1 aliphatic heterocycles. The number of hydrogen-bond acceptors (Lipinski definition) is 8. The van der Waals surface area contributed by atoms with Gasteiger partial charge in [0.1, 0.15) is 36.3 Å². The Bertz CT molecular complexity index is 1500. The van der Waals surface area contributed by atoms with Crippen LogP contribution in [-0.4, -0.2) is 69.8 Å². The average molecular weight is 569 g/mol. The minimum atomic E-state index is -4.77. The van der Waals surface area contributed by atoms with Crippen LogP contribution in [0.25, 0.3) is 16.9 Å². The summed E-state index contributed by atoms with van der Waals surface area (Å²) in [7, 11) is 0. The topological polar surface area (TPSA) is 131 Å². The summed E-state index contributed by atoms with van der Waals surface area (Å²) >= 11 is 6.01. The van der Waals surface area contributed by atoms with Crippen LogP contribution in [-0.2, 0) is 10.9 Å². The maximum Gasteiger partial charge on any atom is 0.418 e. The molecule has 1 fully saturated rings. The van der Waals surface area contributed by atoms with Gasteiger partial charge in [0.2, 0.25) is 5.95 Å². The van der Waals surface area contributed by atoms with Gasteiger partial charge in [-0.2, -0.15) is 27.8 Å². The molecule has 39 heavy (non-hydrogen) atoms. The Kier molecular flexibility index (Phi) is 7.15. The second kappa shape index (κ2) is 10.3. The number of alkyl halides is 3. The van der Waals surface area contributed by atoms with Crippen molar-refractivity contribution in [2.45, 2.75) is 43.6 Å². The molecule has 4 aromatic rings. The van der Waals surface area contributed by atoms with Gasteiger partial charge >= 0.3 is 6.18 Å². The van der Waals surface area contributed by atoms with Crippen LogP contribution in [0.1, 0.15) is 29.4 Å². The first-order chi connectivity index (χ1) is 18.5. The van der Waals surface area contributed by atoms with E-state index >= 15 is 0 Å². The lowest BCUT2D eigenvalue weighted by molar-refractivity contribution is -0.210. The number of aliphatic hydroxyl groups is 3. The Balaban J connectivity index is 1.58. The molecule has 1 aliphatic rings. The van der Waals surface area contributed by atoms with Gasteiger partial charge in [-0.3, -0.25) is 4.68 Å². The SMILES string of the molecule is Cc1nc([C@@H]2OC(CO)[C@H](O)[C@H](n3cc(-c4cccc(F)n4)cn3)C2O)n(-c2cc(Cl)ccc2C(F)(F)F)n1. The number of benzene rings is 1. The molecule has 2 unspecified atom stereocenters. The van der Waals surface area contributed by atoms with Crippen molar-refractivity contribution in [2.75, 3.05) is 6.61 Å². The summed E-state index contributed by atoms with van der Waals surface area (Å²) in [5.41, 5.74) is -0.907. The number of rotatable bonds is 5. The van der Waals surface area contributed by atoms with Gasteiger partial charge in [0, 0.05) is 16.8 Å². The van der Waals surface area contributed by atoms with Gasteiger partial charge in [0.15, 0.2) is 5.82 Å². The first-order valence-corrected chi connectivity index (χ1v) is 12.0. The fourth-order valence-corrected chi connectivity index (χ4v) is 4.71. The number of aliphatic hydroxyl groups excluding tert-OH is 3. The minimum absolute atomic E-state index is 0.00113. The number of pyridine rings is 1. The molecule has 0 bridgehead atoms. The fourth-order valence-electron chi connectivity index (χ4n) is 4.54. The van der Waals surface area contributed by atoms with Gasteiger partial charge in [-0.05, 0) is 37.3 Å². The first-order valence-electron chi connectivity index (χ1n) is 11.6. The number of aromatic nitrogens is 6. The molecule has 1 aromatic carbocycles. The van der Waals surface area contributed by atoms with Crippen molar-refractivity contribution in [3.8, 4) is 16.9 Å². The van der Waals surface area contributed by atoms with Crippen LogP contribution >= 0.6 is 11.6 Å². The quantitative estimate of drug-likeness (QED) is 0.247. The first kappa shape index (κ1) is 27.1. The molecule has 0 aliphatic carbocycles. The molecule has 0 amide bonds. The maximum atomic E-state index is 13.9. The Morgan fingerprint density at radius 3 is 2.56 bits per heavy atom. The zero-order chi connectivity index (χ0) is 28.1. The molecule has 15 heteroatoms. The van der Waals surface area contributed by atoms with Crippen LogP contribution in [0.5, 0.6) is 0 Å². The summed E-state index contributed by atoms with van der Waals surface area (Å²) in [6.45, 7) is 0.743. The highest BCUT2D eigenvalue weighted by molar-refractivity contribution is 6.30. The third-order valence-corrected chi connectivity index (χ3v) is 6.53. The van der Waals surface area contributed by atoms with E-state index in [9.17, 15) is 32.9 Å². The molecule has 5 atom stereocenters. The van der Waals surface area contributed by atoms with Crippen molar-refractivity contribution < 1.29 is 37.6 Å². The van der Waals surface area contributed by atoms with Crippen LogP contribution in [0.3, 0.4) is 0 Å². The third kappa shape index (κ3) is 5.13. The molecule has 3 N–H and O–H groups in total. The predicted octanol–water partition coefficient (Wildman–Crippen LogP) is 3.04. The minimum Gasteiger partial charge on any atom is -0.394 e. The van der Waals surface area contributed by atoms with Crippen molar-refractivity contribution in [1.82, 2.24) is 29.5 Å². The Labute approximate surface area is 223 Å². The highest BCUT2D eigenvalue weighted by Crippen LogP contribution is 2.41. The van der Waals surface area contributed by atoms with E-state index in [-0.39, 0.29) is 22.4 Å². The summed E-state index contributed by atoms with van der Waals surface area (Å²) in [6, 6.07) is 5.83. The lowest BCUT2D eigenvalue weighted by Gasteiger charge is -2.42. The molecule has 4 heterocycles. The van der Waals surface area contributed by atoms with Crippen LogP contribution in [0.4, 0.5) is 17.6 Å². The molecule has 206 valence electrons. The molecule has 0 saturated carbocycles. The summed E-state index contributed by atoms with van der Waals surface area (Å²) in [4.78, 5) is 7.99.